The Hall–Kier alpha value is -1.31. The molecule has 19 heavy (non-hydrogen) atoms. The quantitative estimate of drug-likeness (QED) is 0.749. The van der Waals surface area contributed by atoms with Crippen LogP contribution in [0, 0.1) is 0 Å². The fourth-order valence-electron chi connectivity index (χ4n) is 1.46. The van der Waals surface area contributed by atoms with E-state index in [1.54, 1.807) is 18.6 Å². The van der Waals surface area contributed by atoms with Crippen molar-refractivity contribution in [2.45, 2.75) is 15.1 Å². The van der Waals surface area contributed by atoms with Gasteiger partial charge in [-0.25, -0.2) is 15.0 Å². The molecule has 3 aromatic rings. The molecule has 0 aliphatic heterocycles. The molecule has 0 unspecified atom stereocenters. The Bertz CT molecular complexity index is 730. The Kier molecular flexibility index (Phi) is 3.58. The van der Waals surface area contributed by atoms with Crippen LogP contribution in [0.2, 0.25) is 5.02 Å². The number of hydrogen-bond acceptors (Lipinski definition) is 6. The summed E-state index contributed by atoms with van der Waals surface area (Å²) in [6, 6.07) is 1.85. The molecule has 96 valence electrons. The molecule has 5 nitrogen and oxygen atoms in total. The molecule has 0 fully saturated rings. The summed E-state index contributed by atoms with van der Waals surface area (Å²) >= 11 is 9.03. The number of imidazole rings is 1. The molecule has 3 aromatic heterocycles. The second-order valence-corrected chi connectivity index (χ2v) is 5.80. The van der Waals surface area contributed by atoms with Gasteiger partial charge in [-0.15, -0.1) is 0 Å². The normalized spacial score (nSPS) is 11.1. The minimum atomic E-state index is 0.601. The van der Waals surface area contributed by atoms with Gasteiger partial charge in [-0.3, -0.25) is 4.98 Å². The van der Waals surface area contributed by atoms with Gasteiger partial charge in [-0.2, -0.15) is 0 Å². The smallest absolute Gasteiger partial charge is 0.198 e. The summed E-state index contributed by atoms with van der Waals surface area (Å²) in [4.78, 5) is 21.0. The van der Waals surface area contributed by atoms with Gasteiger partial charge in [0.25, 0.3) is 0 Å². The van der Waals surface area contributed by atoms with Gasteiger partial charge in [0.05, 0.1) is 11.2 Å². The standard InChI is InChI=1S/C11H8ClN5S2/c1-18-11-16-9-10(17-11)15-8(5-14-9)19-7-2-3-13-4-6(7)12/h2-5H,1H3,(H,14,15,16,17). The zero-order valence-corrected chi connectivity index (χ0v) is 12.2. The van der Waals surface area contributed by atoms with Gasteiger partial charge < -0.3 is 4.98 Å². The van der Waals surface area contributed by atoms with Crippen LogP contribution in [-0.2, 0) is 0 Å². The van der Waals surface area contributed by atoms with E-state index in [0.29, 0.717) is 16.3 Å². The lowest BCUT2D eigenvalue weighted by Gasteiger charge is -2.01. The molecule has 8 heteroatoms. The fraction of sp³-hybridized carbons (Fsp3) is 0.0909. The van der Waals surface area contributed by atoms with Crippen molar-refractivity contribution >= 4 is 46.4 Å². The summed E-state index contributed by atoms with van der Waals surface area (Å²) < 4.78 is 0. The molecule has 0 atom stereocenters. The van der Waals surface area contributed by atoms with Crippen molar-refractivity contribution in [3.8, 4) is 0 Å². The van der Waals surface area contributed by atoms with Crippen LogP contribution in [0.15, 0.2) is 39.7 Å². The molecule has 0 bridgehead atoms. The van der Waals surface area contributed by atoms with Gasteiger partial charge in [0.1, 0.15) is 5.03 Å². The zero-order chi connectivity index (χ0) is 13.2. The Balaban J connectivity index is 1.95. The van der Waals surface area contributed by atoms with E-state index in [0.717, 1.165) is 15.1 Å². The first-order valence-electron chi connectivity index (χ1n) is 5.30. The molecule has 0 radical (unpaired) electrons. The van der Waals surface area contributed by atoms with Crippen LogP contribution in [0.3, 0.4) is 0 Å². The number of aromatic nitrogens is 5. The molecule has 0 saturated heterocycles. The lowest BCUT2D eigenvalue weighted by molar-refractivity contribution is 1.07. The number of fused-ring (bicyclic) bond motifs is 1. The summed E-state index contributed by atoms with van der Waals surface area (Å²) in [5.41, 5.74) is 1.30. The minimum absolute atomic E-state index is 0.601. The lowest BCUT2D eigenvalue weighted by Crippen LogP contribution is -1.86. The van der Waals surface area contributed by atoms with Gasteiger partial charge in [-0.05, 0) is 12.3 Å². The number of halogens is 1. The maximum Gasteiger partial charge on any atom is 0.198 e. The van der Waals surface area contributed by atoms with Crippen LogP contribution in [0.25, 0.3) is 11.3 Å². The molecule has 0 aliphatic rings. The molecule has 0 amide bonds. The van der Waals surface area contributed by atoms with Gasteiger partial charge in [0.2, 0.25) is 0 Å². The third kappa shape index (κ3) is 2.68. The predicted octanol–water partition coefficient (Wildman–Crippen LogP) is 3.27. The van der Waals surface area contributed by atoms with Crippen molar-refractivity contribution in [1.29, 1.82) is 0 Å². The van der Waals surface area contributed by atoms with Crippen LogP contribution in [0.4, 0.5) is 0 Å². The van der Waals surface area contributed by atoms with Crippen LogP contribution < -0.4 is 0 Å². The molecule has 1 N–H and O–H groups in total. The maximum atomic E-state index is 6.06. The van der Waals surface area contributed by atoms with E-state index in [1.807, 2.05) is 12.3 Å². The van der Waals surface area contributed by atoms with Crippen molar-refractivity contribution in [2.75, 3.05) is 6.26 Å². The summed E-state index contributed by atoms with van der Waals surface area (Å²) in [7, 11) is 0. The van der Waals surface area contributed by atoms with Crippen LogP contribution >= 0.6 is 35.1 Å². The molecule has 3 heterocycles. The number of pyridine rings is 1. The minimum Gasteiger partial charge on any atom is -0.316 e. The number of rotatable bonds is 3. The van der Waals surface area contributed by atoms with Crippen molar-refractivity contribution in [3.05, 3.63) is 29.7 Å². The third-order valence-electron chi connectivity index (χ3n) is 2.31. The first-order chi connectivity index (χ1) is 9.26. The average molecular weight is 310 g/mol. The predicted molar refractivity (Wildman–Crippen MR) is 76.8 cm³/mol. The van der Waals surface area contributed by atoms with Crippen molar-refractivity contribution < 1.29 is 0 Å². The van der Waals surface area contributed by atoms with Crippen LogP contribution in [0.1, 0.15) is 0 Å². The summed E-state index contributed by atoms with van der Waals surface area (Å²) in [5, 5.41) is 2.17. The second kappa shape index (κ2) is 5.36. The molecular weight excluding hydrogens is 302 g/mol. The highest BCUT2D eigenvalue weighted by atomic mass is 35.5. The van der Waals surface area contributed by atoms with E-state index in [9.17, 15) is 0 Å². The Morgan fingerprint density at radius 1 is 1.26 bits per heavy atom. The van der Waals surface area contributed by atoms with Crippen molar-refractivity contribution in [3.63, 3.8) is 0 Å². The van der Waals surface area contributed by atoms with Gasteiger partial charge in [0, 0.05) is 17.3 Å². The largest absolute Gasteiger partial charge is 0.316 e. The molecule has 3 rings (SSSR count). The van der Waals surface area contributed by atoms with Gasteiger partial charge in [0.15, 0.2) is 16.5 Å². The van der Waals surface area contributed by atoms with E-state index in [2.05, 4.69) is 24.9 Å². The van der Waals surface area contributed by atoms with Gasteiger partial charge in [-0.1, -0.05) is 35.1 Å². The van der Waals surface area contributed by atoms with Crippen molar-refractivity contribution in [2.24, 2.45) is 0 Å². The number of aromatic amines is 1. The maximum absolute atomic E-state index is 6.06. The third-order valence-corrected chi connectivity index (χ3v) is 4.28. The number of nitrogens with zero attached hydrogens (tertiary/aromatic N) is 4. The van der Waals surface area contributed by atoms with E-state index >= 15 is 0 Å². The summed E-state index contributed by atoms with van der Waals surface area (Å²) in [6.45, 7) is 0. The highest BCUT2D eigenvalue weighted by Gasteiger charge is 2.08. The second-order valence-electron chi connectivity index (χ2n) is 3.53. The van der Waals surface area contributed by atoms with Crippen molar-refractivity contribution in [1.82, 2.24) is 24.9 Å². The summed E-state index contributed by atoms with van der Waals surface area (Å²) in [5.74, 6) is 0. The Morgan fingerprint density at radius 2 is 2.16 bits per heavy atom. The van der Waals surface area contributed by atoms with E-state index < -0.39 is 0 Å². The van der Waals surface area contributed by atoms with E-state index in [4.69, 9.17) is 11.6 Å². The highest BCUT2D eigenvalue weighted by molar-refractivity contribution is 7.99. The molecular formula is C11H8ClN5S2. The average Bonchev–Trinajstić information content (AvgIpc) is 2.83. The number of thioether (sulfide) groups is 1. The molecule has 0 spiro atoms. The lowest BCUT2D eigenvalue weighted by atomic mass is 10.5. The van der Waals surface area contributed by atoms with E-state index in [-0.39, 0.29) is 0 Å². The fourth-order valence-corrected chi connectivity index (χ4v) is 2.82. The topological polar surface area (TPSA) is 67.3 Å². The Morgan fingerprint density at radius 3 is 2.95 bits per heavy atom. The number of hydrogen-bond donors (Lipinski definition) is 1. The first-order valence-corrected chi connectivity index (χ1v) is 7.72. The molecule has 0 aliphatic carbocycles. The van der Waals surface area contributed by atoms with Crippen LogP contribution in [-0.4, -0.2) is 31.2 Å². The Labute approximate surface area is 122 Å². The number of nitrogens with one attached hydrogen (secondary N) is 1. The molecule has 0 saturated carbocycles. The molecule has 0 aromatic carbocycles. The van der Waals surface area contributed by atoms with Gasteiger partial charge >= 0.3 is 0 Å². The number of H-pyrrole nitrogens is 1. The first kappa shape index (κ1) is 12.7. The SMILES string of the molecule is CSc1nc2ncc(Sc3ccncc3Cl)nc2[nH]1. The monoisotopic (exact) mass is 309 g/mol. The summed E-state index contributed by atoms with van der Waals surface area (Å²) in [6.07, 6.45) is 6.94. The highest BCUT2D eigenvalue weighted by Crippen LogP contribution is 2.31. The van der Waals surface area contributed by atoms with E-state index in [1.165, 1.54) is 23.5 Å². The van der Waals surface area contributed by atoms with Crippen LogP contribution in [0.5, 0.6) is 0 Å². The zero-order valence-electron chi connectivity index (χ0n) is 9.79.